The van der Waals surface area contributed by atoms with E-state index in [2.05, 4.69) is 41.1 Å². The van der Waals surface area contributed by atoms with E-state index < -0.39 is 0 Å². The number of carbonyl (C=O) groups excluding carboxylic acids is 2. The number of unbranched alkanes of at least 4 members (excludes halogenated alkanes) is 1. The van der Waals surface area contributed by atoms with E-state index in [9.17, 15) is 14.7 Å². The minimum Gasteiger partial charge on any atom is -0.507 e. The molecule has 0 fully saturated rings. The van der Waals surface area contributed by atoms with Gasteiger partial charge in [-0.2, -0.15) is 0 Å². The lowest BCUT2D eigenvalue weighted by molar-refractivity contribution is 0.0790. The smallest absolute Gasteiger partial charge is 0.253 e. The van der Waals surface area contributed by atoms with Crippen LogP contribution in [0.3, 0.4) is 0 Å². The molecule has 0 unspecified atom stereocenters. The average molecular weight is 654 g/mol. The zero-order valence-corrected chi connectivity index (χ0v) is 27.7. The Balaban J connectivity index is 1.15. The SMILES string of the molecule is CCN(CCCCN(C)C(=O)c1ccc(C=O)c(O)c1)Cc1ccc(-n2c(-c3cccnc3N)nc3ccc(-c4ccccc4)nc32)cc1. The van der Waals surface area contributed by atoms with Gasteiger partial charge in [0.2, 0.25) is 0 Å². The first kappa shape index (κ1) is 33.0. The molecule has 0 atom stereocenters. The number of nitrogens with zero attached hydrogens (tertiary/aromatic N) is 6. The van der Waals surface area contributed by atoms with Crippen LogP contribution in [0.5, 0.6) is 5.75 Å². The highest BCUT2D eigenvalue weighted by Crippen LogP contribution is 2.32. The van der Waals surface area contributed by atoms with Crippen LogP contribution in [0.2, 0.25) is 0 Å². The van der Waals surface area contributed by atoms with Gasteiger partial charge in [0, 0.05) is 43.1 Å². The first-order valence-electron chi connectivity index (χ1n) is 16.4. The predicted molar refractivity (Wildman–Crippen MR) is 193 cm³/mol. The van der Waals surface area contributed by atoms with Crippen LogP contribution in [0, 0.1) is 0 Å². The Morgan fingerprint density at radius 2 is 1.69 bits per heavy atom. The molecule has 10 heteroatoms. The number of amides is 1. The highest BCUT2D eigenvalue weighted by atomic mass is 16.3. The van der Waals surface area contributed by atoms with Crippen LogP contribution < -0.4 is 5.73 Å². The van der Waals surface area contributed by atoms with Crippen LogP contribution in [-0.4, -0.2) is 73.3 Å². The highest BCUT2D eigenvalue weighted by Gasteiger charge is 2.19. The molecule has 6 rings (SSSR count). The van der Waals surface area contributed by atoms with Crippen LogP contribution in [0.15, 0.2) is 103 Å². The number of anilines is 1. The first-order valence-corrected chi connectivity index (χ1v) is 16.4. The van der Waals surface area contributed by atoms with Crippen molar-refractivity contribution in [1.29, 1.82) is 0 Å². The third-order valence-electron chi connectivity index (χ3n) is 8.67. The number of phenolic OH excluding ortho intramolecular Hbond substituents is 1. The number of benzene rings is 3. The minimum atomic E-state index is -0.188. The number of fused-ring (bicyclic) bond motifs is 1. The number of hydrogen-bond donors (Lipinski definition) is 2. The van der Waals surface area contributed by atoms with Gasteiger partial charge in [-0.3, -0.25) is 19.1 Å². The van der Waals surface area contributed by atoms with Crippen molar-refractivity contribution in [1.82, 2.24) is 29.3 Å². The van der Waals surface area contributed by atoms with Gasteiger partial charge in [-0.05, 0) is 86.1 Å². The molecule has 6 aromatic rings. The van der Waals surface area contributed by atoms with Crippen molar-refractivity contribution < 1.29 is 14.7 Å². The summed E-state index contributed by atoms with van der Waals surface area (Å²) in [5, 5.41) is 9.95. The molecule has 49 heavy (non-hydrogen) atoms. The molecule has 3 N–H and O–H groups in total. The largest absolute Gasteiger partial charge is 0.507 e. The maximum absolute atomic E-state index is 12.8. The van der Waals surface area contributed by atoms with Gasteiger partial charge < -0.3 is 15.7 Å². The summed E-state index contributed by atoms with van der Waals surface area (Å²) in [6.45, 7) is 5.30. The van der Waals surface area contributed by atoms with Gasteiger partial charge in [-0.25, -0.2) is 15.0 Å². The third kappa shape index (κ3) is 7.34. The molecule has 10 nitrogen and oxygen atoms in total. The van der Waals surface area contributed by atoms with Gasteiger partial charge in [0.25, 0.3) is 5.91 Å². The second kappa shape index (κ2) is 14.9. The van der Waals surface area contributed by atoms with E-state index in [0.717, 1.165) is 66.1 Å². The van der Waals surface area contributed by atoms with Crippen molar-refractivity contribution in [3.63, 3.8) is 0 Å². The van der Waals surface area contributed by atoms with Crippen molar-refractivity contribution in [3.05, 3.63) is 120 Å². The monoisotopic (exact) mass is 653 g/mol. The van der Waals surface area contributed by atoms with Gasteiger partial charge in [-0.1, -0.05) is 49.4 Å². The van der Waals surface area contributed by atoms with Crippen molar-refractivity contribution >= 4 is 29.2 Å². The lowest BCUT2D eigenvalue weighted by atomic mass is 10.1. The molecule has 0 saturated carbocycles. The Hall–Kier alpha value is -5.87. The second-order valence-electron chi connectivity index (χ2n) is 12.0. The Morgan fingerprint density at radius 1 is 0.918 bits per heavy atom. The molecule has 3 aromatic carbocycles. The summed E-state index contributed by atoms with van der Waals surface area (Å²) in [5.41, 5.74) is 13.1. The van der Waals surface area contributed by atoms with E-state index in [1.165, 1.54) is 17.7 Å². The van der Waals surface area contributed by atoms with Crippen molar-refractivity contribution in [3.8, 4) is 34.1 Å². The molecule has 3 aromatic heterocycles. The number of imidazole rings is 1. The van der Waals surface area contributed by atoms with Gasteiger partial charge in [0.15, 0.2) is 17.8 Å². The number of carbonyl (C=O) groups is 2. The number of aromatic hydroxyl groups is 1. The summed E-state index contributed by atoms with van der Waals surface area (Å²) in [7, 11) is 1.75. The number of rotatable bonds is 13. The van der Waals surface area contributed by atoms with Gasteiger partial charge in [0.1, 0.15) is 17.1 Å². The minimum absolute atomic E-state index is 0.165. The number of nitrogen functional groups attached to an aromatic ring is 1. The zero-order chi connectivity index (χ0) is 34.3. The lowest BCUT2D eigenvalue weighted by Crippen LogP contribution is -2.29. The van der Waals surface area contributed by atoms with E-state index in [-0.39, 0.29) is 17.2 Å². The lowest BCUT2D eigenvalue weighted by Gasteiger charge is -2.22. The maximum Gasteiger partial charge on any atom is 0.253 e. The summed E-state index contributed by atoms with van der Waals surface area (Å²) in [5.74, 6) is 0.707. The number of pyridine rings is 2. The topological polar surface area (TPSA) is 130 Å². The fourth-order valence-corrected chi connectivity index (χ4v) is 5.90. The maximum atomic E-state index is 12.8. The normalized spacial score (nSPS) is 11.2. The average Bonchev–Trinajstić information content (AvgIpc) is 3.51. The van der Waals surface area contributed by atoms with E-state index in [1.807, 2.05) is 59.2 Å². The Kier molecular flexibility index (Phi) is 10.1. The van der Waals surface area contributed by atoms with Crippen LogP contribution >= 0.6 is 0 Å². The Bertz CT molecular complexity index is 2080. The Labute approximate surface area is 285 Å². The number of hydrogen-bond acceptors (Lipinski definition) is 8. The predicted octanol–water partition coefficient (Wildman–Crippen LogP) is 6.62. The second-order valence-corrected chi connectivity index (χ2v) is 12.0. The molecule has 0 saturated heterocycles. The van der Waals surface area contributed by atoms with Gasteiger partial charge >= 0.3 is 0 Å². The fraction of sp³-hybridized carbons (Fsp3) is 0.205. The van der Waals surface area contributed by atoms with Crippen LogP contribution in [-0.2, 0) is 6.54 Å². The molecule has 248 valence electrons. The van der Waals surface area contributed by atoms with E-state index in [0.29, 0.717) is 30.0 Å². The van der Waals surface area contributed by atoms with E-state index in [1.54, 1.807) is 24.2 Å². The quantitative estimate of drug-likeness (QED) is 0.105. The molecule has 0 aliphatic rings. The molecule has 0 bridgehead atoms. The molecule has 0 radical (unpaired) electrons. The van der Waals surface area contributed by atoms with Crippen molar-refractivity contribution in [2.24, 2.45) is 0 Å². The molecule has 3 heterocycles. The van der Waals surface area contributed by atoms with E-state index >= 15 is 0 Å². The van der Waals surface area contributed by atoms with E-state index in [4.69, 9.17) is 15.7 Å². The molecular weight excluding hydrogens is 614 g/mol. The molecule has 0 spiro atoms. The van der Waals surface area contributed by atoms with Crippen molar-refractivity contribution in [2.75, 3.05) is 32.4 Å². The van der Waals surface area contributed by atoms with Crippen LogP contribution in [0.1, 0.15) is 46.0 Å². The third-order valence-corrected chi connectivity index (χ3v) is 8.67. The van der Waals surface area contributed by atoms with Crippen LogP contribution in [0.4, 0.5) is 5.82 Å². The number of phenols is 1. The van der Waals surface area contributed by atoms with Gasteiger partial charge in [-0.15, -0.1) is 0 Å². The molecule has 0 aliphatic heterocycles. The summed E-state index contributed by atoms with van der Waals surface area (Å²) in [6, 6.07) is 30.7. The number of aldehydes is 1. The molecular formula is C39H39N7O3. The first-order chi connectivity index (χ1) is 23.9. The Morgan fingerprint density at radius 3 is 2.41 bits per heavy atom. The molecule has 1 amide bonds. The number of nitrogens with two attached hydrogens (primary N) is 1. The zero-order valence-electron chi connectivity index (χ0n) is 27.7. The van der Waals surface area contributed by atoms with Gasteiger partial charge in [0.05, 0.1) is 16.8 Å². The summed E-state index contributed by atoms with van der Waals surface area (Å²) >= 11 is 0. The summed E-state index contributed by atoms with van der Waals surface area (Å²) < 4.78 is 2.05. The fourth-order valence-electron chi connectivity index (χ4n) is 5.90. The number of aromatic nitrogens is 4. The van der Waals surface area contributed by atoms with Crippen LogP contribution in [0.25, 0.3) is 39.5 Å². The summed E-state index contributed by atoms with van der Waals surface area (Å²) in [4.78, 5) is 42.1. The molecule has 0 aliphatic carbocycles. The standard InChI is InChI=1S/C39H39N7O3/c1-3-45(23-8-7-22-44(2)39(49)29-15-16-30(26-47)35(48)24-29)25-27-13-17-31(18-14-27)46-37(32-12-9-21-41-36(32)40)43-34-20-19-33(42-38(34)46)28-10-5-4-6-11-28/h4-6,9-21,24,26,48H,3,7-8,22-23,25H2,1-2H3,(H2,40,41). The highest BCUT2D eigenvalue weighted by molar-refractivity contribution is 5.95. The summed E-state index contributed by atoms with van der Waals surface area (Å²) in [6.07, 6.45) is 4.00. The van der Waals surface area contributed by atoms with Crippen molar-refractivity contribution in [2.45, 2.75) is 26.3 Å².